The fraction of sp³-hybridized carbons (Fsp3) is 0.200. The van der Waals surface area contributed by atoms with Crippen molar-refractivity contribution < 1.29 is 18.0 Å². The van der Waals surface area contributed by atoms with Crippen LogP contribution in [-0.2, 0) is 12.7 Å². The topological polar surface area (TPSA) is 33.2 Å². The van der Waals surface area contributed by atoms with Crippen molar-refractivity contribution in [3.63, 3.8) is 0 Å². The molecule has 23 heavy (non-hydrogen) atoms. The number of hydrogen-bond acceptors (Lipinski definition) is 2. The summed E-state index contributed by atoms with van der Waals surface area (Å²) < 4.78 is 37.4. The number of rotatable bonds is 3. The second-order valence-electron chi connectivity index (χ2n) is 4.87. The molecule has 2 rings (SSSR count). The first kappa shape index (κ1) is 17.6. The quantitative estimate of drug-likeness (QED) is 0.794. The Kier molecular flexibility index (Phi) is 5.16. The third-order valence-electron chi connectivity index (χ3n) is 2.99. The van der Waals surface area contributed by atoms with Crippen LogP contribution in [0.4, 0.5) is 13.2 Å². The van der Waals surface area contributed by atoms with Crippen LogP contribution in [0.1, 0.15) is 21.6 Å². The van der Waals surface area contributed by atoms with Crippen LogP contribution in [0.2, 0.25) is 10.0 Å². The van der Waals surface area contributed by atoms with Crippen LogP contribution in [0.5, 0.6) is 0 Å². The van der Waals surface area contributed by atoms with Crippen LogP contribution >= 0.6 is 23.2 Å². The van der Waals surface area contributed by atoms with Gasteiger partial charge >= 0.3 is 6.18 Å². The van der Waals surface area contributed by atoms with E-state index in [-0.39, 0.29) is 12.1 Å². The molecule has 0 aliphatic rings. The Morgan fingerprint density at radius 2 is 1.78 bits per heavy atom. The lowest BCUT2D eigenvalue weighted by atomic mass is 10.2. The predicted octanol–water partition coefficient (Wildman–Crippen LogP) is 4.68. The molecular formula is C15H11Cl2F3N2O. The summed E-state index contributed by atoms with van der Waals surface area (Å²) in [5.74, 6) is -0.456. The molecule has 0 spiro atoms. The van der Waals surface area contributed by atoms with Crippen LogP contribution in [0.15, 0.2) is 36.5 Å². The Morgan fingerprint density at radius 3 is 2.26 bits per heavy atom. The van der Waals surface area contributed by atoms with Gasteiger partial charge in [0.25, 0.3) is 5.91 Å². The lowest BCUT2D eigenvalue weighted by Gasteiger charge is -2.18. The van der Waals surface area contributed by atoms with E-state index in [1.54, 1.807) is 18.2 Å². The first-order chi connectivity index (χ1) is 10.7. The molecule has 0 N–H and O–H groups in total. The SMILES string of the molecule is CN(Cc1cc(Cl)cc(Cl)c1)C(=O)c1ccc(C(F)(F)F)nc1. The molecule has 1 aromatic heterocycles. The van der Waals surface area contributed by atoms with E-state index in [9.17, 15) is 18.0 Å². The second-order valence-corrected chi connectivity index (χ2v) is 5.74. The van der Waals surface area contributed by atoms with E-state index in [2.05, 4.69) is 4.98 Å². The zero-order valence-electron chi connectivity index (χ0n) is 11.9. The van der Waals surface area contributed by atoms with Crippen LogP contribution in [0, 0.1) is 0 Å². The number of carbonyl (C=O) groups is 1. The highest BCUT2D eigenvalue weighted by Crippen LogP contribution is 2.27. The molecule has 0 fully saturated rings. The molecule has 0 aliphatic carbocycles. The minimum Gasteiger partial charge on any atom is -0.337 e. The van der Waals surface area contributed by atoms with Gasteiger partial charge in [0.05, 0.1) is 5.56 Å². The lowest BCUT2D eigenvalue weighted by Crippen LogP contribution is -2.26. The number of amides is 1. The summed E-state index contributed by atoms with van der Waals surface area (Å²) in [5.41, 5.74) is -0.273. The lowest BCUT2D eigenvalue weighted by molar-refractivity contribution is -0.141. The zero-order valence-corrected chi connectivity index (χ0v) is 13.4. The monoisotopic (exact) mass is 362 g/mol. The van der Waals surface area contributed by atoms with Crippen molar-refractivity contribution in [3.8, 4) is 0 Å². The van der Waals surface area contributed by atoms with E-state index < -0.39 is 17.8 Å². The van der Waals surface area contributed by atoms with Crippen molar-refractivity contribution in [1.29, 1.82) is 0 Å². The Labute approximate surface area is 140 Å². The van der Waals surface area contributed by atoms with Crippen LogP contribution in [-0.4, -0.2) is 22.8 Å². The van der Waals surface area contributed by atoms with Gasteiger partial charge in [0.15, 0.2) is 0 Å². The summed E-state index contributed by atoms with van der Waals surface area (Å²) in [7, 11) is 1.52. The van der Waals surface area contributed by atoms with Gasteiger partial charge in [-0.1, -0.05) is 23.2 Å². The second kappa shape index (κ2) is 6.76. The highest BCUT2D eigenvalue weighted by molar-refractivity contribution is 6.34. The van der Waals surface area contributed by atoms with Crippen molar-refractivity contribution in [1.82, 2.24) is 9.88 Å². The Morgan fingerprint density at radius 1 is 1.17 bits per heavy atom. The Hall–Kier alpha value is -1.79. The molecule has 0 bridgehead atoms. The standard InChI is InChI=1S/C15H11Cl2F3N2O/c1-22(8-9-4-11(16)6-12(17)5-9)14(23)10-2-3-13(21-7-10)15(18,19)20/h2-7H,8H2,1H3. The fourth-order valence-electron chi connectivity index (χ4n) is 1.96. The molecule has 122 valence electrons. The van der Waals surface area contributed by atoms with Crippen molar-refractivity contribution in [2.24, 2.45) is 0 Å². The molecule has 0 unspecified atom stereocenters. The molecule has 2 aromatic rings. The predicted molar refractivity (Wildman–Crippen MR) is 81.5 cm³/mol. The largest absolute Gasteiger partial charge is 0.433 e. The van der Waals surface area contributed by atoms with Gasteiger partial charge in [0.1, 0.15) is 5.69 Å². The summed E-state index contributed by atoms with van der Waals surface area (Å²) in [5, 5.41) is 0.870. The smallest absolute Gasteiger partial charge is 0.337 e. The van der Waals surface area contributed by atoms with Gasteiger partial charge in [-0.3, -0.25) is 9.78 Å². The van der Waals surface area contributed by atoms with Crippen LogP contribution in [0.25, 0.3) is 0 Å². The zero-order chi connectivity index (χ0) is 17.2. The maximum absolute atomic E-state index is 12.5. The minimum absolute atomic E-state index is 0.0635. The molecule has 1 amide bonds. The van der Waals surface area contributed by atoms with Crippen molar-refractivity contribution in [3.05, 3.63) is 63.4 Å². The third kappa shape index (κ3) is 4.59. The summed E-state index contributed by atoms with van der Waals surface area (Å²) in [4.78, 5) is 16.8. The average molecular weight is 363 g/mol. The van der Waals surface area contributed by atoms with Crippen molar-refractivity contribution >= 4 is 29.1 Å². The molecule has 0 radical (unpaired) electrons. The molecule has 1 heterocycles. The maximum Gasteiger partial charge on any atom is 0.433 e. The summed E-state index contributed by atoms with van der Waals surface area (Å²) >= 11 is 11.8. The summed E-state index contributed by atoms with van der Waals surface area (Å²) in [6, 6.07) is 6.75. The number of carbonyl (C=O) groups excluding carboxylic acids is 1. The van der Waals surface area contributed by atoms with E-state index in [4.69, 9.17) is 23.2 Å². The van der Waals surface area contributed by atoms with Crippen LogP contribution < -0.4 is 0 Å². The fourth-order valence-corrected chi connectivity index (χ4v) is 2.53. The molecule has 0 atom stereocenters. The van der Waals surface area contributed by atoms with E-state index >= 15 is 0 Å². The average Bonchev–Trinajstić information content (AvgIpc) is 2.44. The molecule has 0 saturated carbocycles. The Balaban J connectivity index is 2.13. The number of halogens is 5. The summed E-state index contributed by atoms with van der Waals surface area (Å²) in [6.07, 6.45) is -3.63. The molecule has 1 aromatic carbocycles. The highest BCUT2D eigenvalue weighted by Gasteiger charge is 2.32. The number of pyridine rings is 1. The number of aromatic nitrogens is 1. The Bertz CT molecular complexity index is 697. The van der Waals surface area contributed by atoms with E-state index in [1.165, 1.54) is 11.9 Å². The van der Waals surface area contributed by atoms with E-state index in [1.807, 2.05) is 0 Å². The number of hydrogen-bond donors (Lipinski definition) is 0. The van der Waals surface area contributed by atoms with Crippen molar-refractivity contribution in [2.75, 3.05) is 7.05 Å². The summed E-state index contributed by atoms with van der Waals surface area (Å²) in [6.45, 7) is 0.208. The molecular weight excluding hydrogens is 352 g/mol. The van der Waals surface area contributed by atoms with E-state index in [0.717, 1.165) is 18.3 Å². The van der Waals surface area contributed by atoms with Gasteiger partial charge in [0.2, 0.25) is 0 Å². The molecule has 3 nitrogen and oxygen atoms in total. The third-order valence-corrected chi connectivity index (χ3v) is 3.43. The van der Waals surface area contributed by atoms with Crippen molar-refractivity contribution in [2.45, 2.75) is 12.7 Å². The number of nitrogens with zero attached hydrogens (tertiary/aromatic N) is 2. The van der Waals surface area contributed by atoms with Gasteiger partial charge < -0.3 is 4.90 Å². The van der Waals surface area contributed by atoms with Gasteiger partial charge in [-0.25, -0.2) is 0 Å². The first-order valence-corrected chi connectivity index (χ1v) is 7.16. The van der Waals surface area contributed by atoms with Gasteiger partial charge in [-0.05, 0) is 35.9 Å². The van der Waals surface area contributed by atoms with Gasteiger partial charge in [0, 0.05) is 29.8 Å². The first-order valence-electron chi connectivity index (χ1n) is 6.40. The molecule has 0 aliphatic heterocycles. The van der Waals surface area contributed by atoms with Gasteiger partial charge in [-0.15, -0.1) is 0 Å². The molecule has 8 heteroatoms. The number of benzene rings is 1. The van der Waals surface area contributed by atoms with Gasteiger partial charge in [-0.2, -0.15) is 13.2 Å². The van der Waals surface area contributed by atoms with Crippen LogP contribution in [0.3, 0.4) is 0 Å². The number of alkyl halides is 3. The normalized spacial score (nSPS) is 11.4. The molecule has 0 saturated heterocycles. The van der Waals surface area contributed by atoms with E-state index in [0.29, 0.717) is 15.6 Å². The highest BCUT2D eigenvalue weighted by atomic mass is 35.5. The minimum atomic E-state index is -4.54. The maximum atomic E-state index is 12.5.